The molecule has 0 fully saturated rings. The van der Waals surface area contributed by atoms with Crippen molar-refractivity contribution in [1.82, 2.24) is 4.98 Å². The van der Waals surface area contributed by atoms with E-state index >= 15 is 0 Å². The van der Waals surface area contributed by atoms with Crippen molar-refractivity contribution in [1.29, 1.82) is 0 Å². The first kappa shape index (κ1) is 13.1. The number of aromatic nitrogens is 1. The van der Waals surface area contributed by atoms with Crippen molar-refractivity contribution in [3.05, 3.63) is 59.4 Å². The molecule has 2 aromatic rings. The molecule has 0 atom stereocenters. The molecule has 0 amide bonds. The molecular weight excluding hydrogens is 252 g/mol. The quantitative estimate of drug-likeness (QED) is 0.795. The van der Waals surface area contributed by atoms with E-state index in [0.717, 1.165) is 0 Å². The molecule has 0 aliphatic rings. The molecule has 0 aliphatic carbocycles. The molecule has 0 N–H and O–H groups in total. The third-order valence-corrected chi connectivity index (χ3v) is 2.59. The Morgan fingerprint density at radius 1 is 1.26 bits per heavy atom. The summed E-state index contributed by atoms with van der Waals surface area (Å²) < 4.78 is 29.2. The number of pyridine rings is 1. The van der Waals surface area contributed by atoms with Gasteiger partial charge in [-0.05, 0) is 30.7 Å². The smallest absolute Gasteiger partial charge is 0.387 e. The number of ketones is 1. The maximum absolute atomic E-state index is 12.4. The number of aryl methyl sites for hydroxylation is 1. The molecule has 0 saturated carbocycles. The molecule has 0 bridgehead atoms. The molecular formula is C14H11F2NO2. The standard InChI is InChI=1S/C14H11F2NO2/c1-9-4-2-6-11(13(9)19-14(15)16)12(18)10-5-3-7-17-8-10/h2-8,14H,1H3. The highest BCUT2D eigenvalue weighted by Crippen LogP contribution is 2.27. The summed E-state index contributed by atoms with van der Waals surface area (Å²) in [7, 11) is 0. The average molecular weight is 263 g/mol. The van der Waals surface area contributed by atoms with E-state index in [-0.39, 0.29) is 11.3 Å². The van der Waals surface area contributed by atoms with Crippen LogP contribution in [-0.4, -0.2) is 17.4 Å². The molecule has 0 spiro atoms. The molecule has 2 rings (SSSR count). The van der Waals surface area contributed by atoms with Gasteiger partial charge in [0.15, 0.2) is 5.78 Å². The zero-order valence-corrected chi connectivity index (χ0v) is 10.1. The van der Waals surface area contributed by atoms with Gasteiger partial charge >= 0.3 is 6.61 Å². The molecule has 0 saturated heterocycles. The van der Waals surface area contributed by atoms with Gasteiger partial charge in [-0.15, -0.1) is 0 Å². The van der Waals surface area contributed by atoms with Crippen LogP contribution in [0.4, 0.5) is 8.78 Å². The van der Waals surface area contributed by atoms with Crippen LogP contribution in [-0.2, 0) is 0 Å². The largest absolute Gasteiger partial charge is 0.434 e. The van der Waals surface area contributed by atoms with Gasteiger partial charge in [0.2, 0.25) is 0 Å². The monoisotopic (exact) mass is 263 g/mol. The van der Waals surface area contributed by atoms with E-state index in [1.165, 1.54) is 18.5 Å². The van der Waals surface area contributed by atoms with Crippen molar-refractivity contribution in [2.45, 2.75) is 13.5 Å². The van der Waals surface area contributed by atoms with Gasteiger partial charge in [0.25, 0.3) is 0 Å². The number of alkyl halides is 2. The van der Waals surface area contributed by atoms with Crippen LogP contribution in [0.5, 0.6) is 5.75 Å². The Hall–Kier alpha value is -2.30. The number of carbonyl (C=O) groups is 1. The van der Waals surface area contributed by atoms with E-state index in [0.29, 0.717) is 11.1 Å². The van der Waals surface area contributed by atoms with Crippen LogP contribution < -0.4 is 4.74 Å². The molecule has 1 heterocycles. The molecule has 0 radical (unpaired) electrons. The number of hydrogen-bond donors (Lipinski definition) is 0. The van der Waals surface area contributed by atoms with Crippen LogP contribution in [0, 0.1) is 6.92 Å². The lowest BCUT2D eigenvalue weighted by Crippen LogP contribution is -2.10. The Bertz CT molecular complexity index is 585. The lowest BCUT2D eigenvalue weighted by molar-refractivity contribution is -0.0505. The van der Waals surface area contributed by atoms with Crippen LogP contribution in [0.25, 0.3) is 0 Å². The van der Waals surface area contributed by atoms with Gasteiger partial charge in [-0.25, -0.2) is 0 Å². The van der Waals surface area contributed by atoms with E-state index in [9.17, 15) is 13.6 Å². The van der Waals surface area contributed by atoms with E-state index in [2.05, 4.69) is 9.72 Å². The SMILES string of the molecule is Cc1cccc(C(=O)c2cccnc2)c1OC(F)F. The van der Waals surface area contributed by atoms with Gasteiger partial charge in [0.05, 0.1) is 5.56 Å². The fourth-order valence-electron chi connectivity index (χ4n) is 1.73. The second-order valence-electron chi connectivity index (χ2n) is 3.90. The molecule has 3 nitrogen and oxygen atoms in total. The Labute approximate surface area is 108 Å². The number of benzene rings is 1. The summed E-state index contributed by atoms with van der Waals surface area (Å²) in [6.07, 6.45) is 2.92. The molecule has 0 aliphatic heterocycles. The van der Waals surface area contributed by atoms with Gasteiger partial charge in [0.1, 0.15) is 5.75 Å². The van der Waals surface area contributed by atoms with Crippen molar-refractivity contribution in [2.24, 2.45) is 0 Å². The number of rotatable bonds is 4. The van der Waals surface area contributed by atoms with Crippen molar-refractivity contribution in [2.75, 3.05) is 0 Å². The summed E-state index contributed by atoms with van der Waals surface area (Å²) in [4.78, 5) is 16.1. The predicted molar refractivity (Wildman–Crippen MR) is 65.5 cm³/mol. The maximum Gasteiger partial charge on any atom is 0.387 e. The van der Waals surface area contributed by atoms with Crippen LogP contribution in [0.15, 0.2) is 42.7 Å². The number of ether oxygens (including phenoxy) is 1. The van der Waals surface area contributed by atoms with Crippen molar-refractivity contribution in [3.8, 4) is 5.75 Å². The predicted octanol–water partition coefficient (Wildman–Crippen LogP) is 3.22. The van der Waals surface area contributed by atoms with Crippen molar-refractivity contribution in [3.63, 3.8) is 0 Å². The van der Waals surface area contributed by atoms with E-state index in [1.807, 2.05) is 0 Å². The van der Waals surface area contributed by atoms with Gasteiger partial charge in [0, 0.05) is 18.0 Å². The highest BCUT2D eigenvalue weighted by molar-refractivity contribution is 6.10. The molecule has 1 aromatic heterocycles. The minimum Gasteiger partial charge on any atom is -0.434 e. The molecule has 1 aromatic carbocycles. The number of carbonyl (C=O) groups excluding carboxylic acids is 1. The second kappa shape index (κ2) is 5.56. The zero-order chi connectivity index (χ0) is 13.8. The number of para-hydroxylation sites is 1. The Morgan fingerprint density at radius 2 is 2.05 bits per heavy atom. The highest BCUT2D eigenvalue weighted by Gasteiger charge is 2.18. The normalized spacial score (nSPS) is 10.5. The lowest BCUT2D eigenvalue weighted by atomic mass is 10.0. The van der Waals surface area contributed by atoms with Crippen LogP contribution in [0.2, 0.25) is 0 Å². The van der Waals surface area contributed by atoms with Crippen LogP contribution in [0.3, 0.4) is 0 Å². The van der Waals surface area contributed by atoms with Gasteiger partial charge in [-0.3, -0.25) is 9.78 Å². The summed E-state index contributed by atoms with van der Waals surface area (Å²) in [5.74, 6) is -0.487. The summed E-state index contributed by atoms with van der Waals surface area (Å²) in [5, 5.41) is 0. The molecule has 5 heteroatoms. The second-order valence-corrected chi connectivity index (χ2v) is 3.90. The first-order valence-electron chi connectivity index (χ1n) is 5.58. The average Bonchev–Trinajstić information content (AvgIpc) is 2.41. The first-order valence-corrected chi connectivity index (χ1v) is 5.58. The van der Waals surface area contributed by atoms with E-state index in [1.54, 1.807) is 31.2 Å². The summed E-state index contributed by atoms with van der Waals surface area (Å²) in [6.45, 7) is -1.36. The van der Waals surface area contributed by atoms with Gasteiger partial charge < -0.3 is 4.74 Å². The third kappa shape index (κ3) is 2.93. The lowest BCUT2D eigenvalue weighted by Gasteiger charge is -2.12. The number of nitrogens with zero attached hydrogens (tertiary/aromatic N) is 1. The van der Waals surface area contributed by atoms with Crippen LogP contribution in [0.1, 0.15) is 21.5 Å². The summed E-state index contributed by atoms with van der Waals surface area (Å²) in [5.41, 5.74) is 0.913. The van der Waals surface area contributed by atoms with E-state index in [4.69, 9.17) is 0 Å². The van der Waals surface area contributed by atoms with Gasteiger partial charge in [-0.2, -0.15) is 8.78 Å². The topological polar surface area (TPSA) is 39.2 Å². The minimum absolute atomic E-state index is 0.0913. The number of halogens is 2. The molecule has 0 unspecified atom stereocenters. The summed E-state index contributed by atoms with van der Waals surface area (Å²) in [6, 6.07) is 7.87. The Balaban J connectivity index is 2.45. The zero-order valence-electron chi connectivity index (χ0n) is 10.1. The fraction of sp³-hybridized carbons (Fsp3) is 0.143. The maximum atomic E-state index is 12.4. The summed E-state index contributed by atoms with van der Waals surface area (Å²) >= 11 is 0. The number of hydrogen-bond acceptors (Lipinski definition) is 3. The first-order chi connectivity index (χ1) is 9.09. The Kier molecular flexibility index (Phi) is 3.85. The third-order valence-electron chi connectivity index (χ3n) is 2.59. The fourth-order valence-corrected chi connectivity index (χ4v) is 1.73. The van der Waals surface area contributed by atoms with Crippen molar-refractivity contribution >= 4 is 5.78 Å². The van der Waals surface area contributed by atoms with Crippen molar-refractivity contribution < 1.29 is 18.3 Å². The Morgan fingerprint density at radius 3 is 2.68 bits per heavy atom. The highest BCUT2D eigenvalue weighted by atomic mass is 19.3. The van der Waals surface area contributed by atoms with Gasteiger partial charge in [-0.1, -0.05) is 12.1 Å². The molecule has 98 valence electrons. The minimum atomic E-state index is -2.97. The van der Waals surface area contributed by atoms with E-state index < -0.39 is 12.4 Å². The molecule has 19 heavy (non-hydrogen) atoms. The van der Waals surface area contributed by atoms with Crippen LogP contribution >= 0.6 is 0 Å².